The average Bonchev–Trinajstić information content (AvgIpc) is 2.48. The van der Waals surface area contributed by atoms with Crippen molar-refractivity contribution in [3.05, 3.63) is 29.3 Å². The van der Waals surface area contributed by atoms with Crippen LogP contribution in [0.3, 0.4) is 0 Å². The molecule has 4 heteroatoms. The predicted octanol–water partition coefficient (Wildman–Crippen LogP) is 4.58. The fraction of sp³-hybridized carbons (Fsp3) is 0.556. The minimum absolute atomic E-state index is 0.140. The molecule has 0 spiro atoms. The molecule has 0 unspecified atom stereocenters. The lowest BCUT2D eigenvalue weighted by Crippen LogP contribution is -2.27. The van der Waals surface area contributed by atoms with Gasteiger partial charge in [0.1, 0.15) is 17.6 Å². The molecule has 0 radical (unpaired) electrons. The van der Waals surface area contributed by atoms with Crippen molar-refractivity contribution in [2.24, 2.45) is 0 Å². The normalized spacial score (nSPS) is 9.45. The molecule has 0 fully saturated rings. The highest BCUT2D eigenvalue weighted by atomic mass is 16.6. The molecule has 0 heterocycles. The Morgan fingerprint density at radius 2 is 1.68 bits per heavy atom. The van der Waals surface area contributed by atoms with E-state index in [1.165, 1.54) is 0 Å². The van der Waals surface area contributed by atoms with Crippen molar-refractivity contribution in [1.29, 1.82) is 0 Å². The topological polar surface area (TPSA) is 52.6 Å². The molecule has 0 aliphatic rings. The Labute approximate surface area is 134 Å². The molecule has 0 aliphatic heterocycles. The molecule has 1 rings (SSSR count). The fourth-order valence-corrected chi connectivity index (χ4v) is 1.42. The standard InChI is InChI=1S/C14H18O4.2C2H6/c1-10-7-11(8-15)5-6-12(10)17-9-13(16)18-14(2,3)4;2*1-2/h5-8H,9H2,1-4H3;2*1-2H3. The summed E-state index contributed by atoms with van der Waals surface area (Å²) in [6, 6.07) is 5.02. The number of rotatable bonds is 4. The summed E-state index contributed by atoms with van der Waals surface area (Å²) in [7, 11) is 0. The molecule has 0 aromatic heterocycles. The molecule has 0 bridgehead atoms. The van der Waals surface area contributed by atoms with Crippen LogP contribution in [0.5, 0.6) is 5.75 Å². The second kappa shape index (κ2) is 11.8. The Kier molecular flexibility index (Phi) is 12.0. The van der Waals surface area contributed by atoms with E-state index in [2.05, 4.69) is 0 Å². The number of aryl methyl sites for hydroxylation is 1. The molecule has 0 N–H and O–H groups in total. The highest BCUT2D eigenvalue weighted by Crippen LogP contribution is 2.18. The number of aldehydes is 1. The number of carbonyl (C=O) groups excluding carboxylic acids is 2. The van der Waals surface area contributed by atoms with E-state index in [1.54, 1.807) is 39.0 Å². The van der Waals surface area contributed by atoms with E-state index in [4.69, 9.17) is 9.47 Å². The zero-order valence-corrected chi connectivity index (χ0v) is 15.1. The third-order valence-electron chi connectivity index (χ3n) is 2.10. The molecule has 0 aliphatic carbocycles. The first-order valence-electron chi connectivity index (χ1n) is 7.72. The molecule has 0 saturated carbocycles. The van der Waals surface area contributed by atoms with Gasteiger partial charge in [-0.15, -0.1) is 0 Å². The number of hydrogen-bond donors (Lipinski definition) is 0. The molecule has 22 heavy (non-hydrogen) atoms. The summed E-state index contributed by atoms with van der Waals surface area (Å²) in [5.74, 6) is 0.160. The van der Waals surface area contributed by atoms with Gasteiger partial charge in [-0.25, -0.2) is 4.79 Å². The Morgan fingerprint density at radius 1 is 1.14 bits per heavy atom. The SMILES string of the molecule is CC.CC.Cc1cc(C=O)ccc1OCC(=O)OC(C)(C)C. The smallest absolute Gasteiger partial charge is 0.344 e. The summed E-state index contributed by atoms with van der Waals surface area (Å²) in [6.07, 6.45) is 0.768. The van der Waals surface area contributed by atoms with Crippen LogP contribution in [0.1, 0.15) is 64.4 Å². The summed E-state index contributed by atoms with van der Waals surface area (Å²) in [6.45, 7) is 15.1. The molecule has 1 aromatic carbocycles. The van der Waals surface area contributed by atoms with Crippen LogP contribution in [0.25, 0.3) is 0 Å². The van der Waals surface area contributed by atoms with Gasteiger partial charge in [-0.2, -0.15) is 0 Å². The lowest BCUT2D eigenvalue weighted by atomic mass is 10.1. The zero-order chi connectivity index (χ0) is 17.8. The zero-order valence-electron chi connectivity index (χ0n) is 15.1. The quantitative estimate of drug-likeness (QED) is 0.603. The number of hydrogen-bond acceptors (Lipinski definition) is 4. The number of carbonyl (C=O) groups is 2. The van der Waals surface area contributed by atoms with Crippen LogP contribution in [-0.4, -0.2) is 24.5 Å². The van der Waals surface area contributed by atoms with E-state index in [-0.39, 0.29) is 6.61 Å². The molecule has 1 aromatic rings. The first-order valence-corrected chi connectivity index (χ1v) is 7.72. The summed E-state index contributed by atoms with van der Waals surface area (Å²) in [5, 5.41) is 0. The summed E-state index contributed by atoms with van der Waals surface area (Å²) >= 11 is 0. The van der Waals surface area contributed by atoms with Crippen molar-refractivity contribution in [1.82, 2.24) is 0 Å². The number of ether oxygens (including phenoxy) is 2. The highest BCUT2D eigenvalue weighted by molar-refractivity contribution is 5.75. The van der Waals surface area contributed by atoms with Crippen LogP contribution >= 0.6 is 0 Å². The minimum Gasteiger partial charge on any atom is -0.482 e. The van der Waals surface area contributed by atoms with Crippen LogP contribution < -0.4 is 4.74 Å². The first kappa shape index (κ1) is 22.4. The molecule has 4 nitrogen and oxygen atoms in total. The van der Waals surface area contributed by atoms with Gasteiger partial charge in [-0.05, 0) is 51.5 Å². The molecular formula is C18H30O4. The third-order valence-corrected chi connectivity index (χ3v) is 2.10. The maximum absolute atomic E-state index is 11.5. The van der Waals surface area contributed by atoms with Gasteiger partial charge < -0.3 is 9.47 Å². The van der Waals surface area contributed by atoms with E-state index in [0.29, 0.717) is 11.3 Å². The highest BCUT2D eigenvalue weighted by Gasteiger charge is 2.16. The van der Waals surface area contributed by atoms with E-state index >= 15 is 0 Å². The van der Waals surface area contributed by atoms with Gasteiger partial charge in [-0.3, -0.25) is 4.79 Å². The van der Waals surface area contributed by atoms with E-state index in [1.807, 2.05) is 34.6 Å². The molecule has 0 atom stereocenters. The van der Waals surface area contributed by atoms with Crippen molar-refractivity contribution in [3.8, 4) is 5.75 Å². The Morgan fingerprint density at radius 3 is 2.09 bits per heavy atom. The van der Waals surface area contributed by atoms with Crippen LogP contribution in [0, 0.1) is 6.92 Å². The van der Waals surface area contributed by atoms with E-state index in [9.17, 15) is 9.59 Å². The Balaban J connectivity index is 0. The second-order valence-electron chi connectivity index (χ2n) is 5.02. The van der Waals surface area contributed by atoms with Crippen molar-refractivity contribution in [2.75, 3.05) is 6.61 Å². The van der Waals surface area contributed by atoms with Gasteiger partial charge >= 0.3 is 5.97 Å². The lowest BCUT2D eigenvalue weighted by Gasteiger charge is -2.19. The molecular weight excluding hydrogens is 280 g/mol. The number of benzene rings is 1. The first-order chi connectivity index (χ1) is 10.3. The van der Waals surface area contributed by atoms with E-state index in [0.717, 1.165) is 11.8 Å². The minimum atomic E-state index is -0.517. The molecule has 126 valence electrons. The third kappa shape index (κ3) is 9.97. The van der Waals surface area contributed by atoms with Crippen LogP contribution in [0.2, 0.25) is 0 Å². The fourth-order valence-electron chi connectivity index (χ4n) is 1.42. The van der Waals surface area contributed by atoms with Gasteiger partial charge in [-0.1, -0.05) is 27.7 Å². The van der Waals surface area contributed by atoms with E-state index < -0.39 is 11.6 Å². The average molecular weight is 310 g/mol. The second-order valence-corrected chi connectivity index (χ2v) is 5.02. The molecule has 0 amide bonds. The van der Waals surface area contributed by atoms with Crippen LogP contribution in [-0.2, 0) is 9.53 Å². The summed E-state index contributed by atoms with van der Waals surface area (Å²) in [5.41, 5.74) is 0.872. The van der Waals surface area contributed by atoms with Gasteiger partial charge in [0.05, 0.1) is 0 Å². The summed E-state index contributed by atoms with van der Waals surface area (Å²) in [4.78, 5) is 22.0. The van der Waals surface area contributed by atoms with Crippen molar-refractivity contribution in [3.63, 3.8) is 0 Å². The summed E-state index contributed by atoms with van der Waals surface area (Å²) < 4.78 is 10.5. The van der Waals surface area contributed by atoms with Crippen molar-refractivity contribution < 1.29 is 19.1 Å². The molecule has 0 saturated heterocycles. The maximum Gasteiger partial charge on any atom is 0.344 e. The van der Waals surface area contributed by atoms with Gasteiger partial charge in [0.15, 0.2) is 6.61 Å². The number of esters is 1. The Hall–Kier alpha value is -1.84. The monoisotopic (exact) mass is 310 g/mol. The predicted molar refractivity (Wildman–Crippen MR) is 90.6 cm³/mol. The van der Waals surface area contributed by atoms with Crippen LogP contribution in [0.15, 0.2) is 18.2 Å². The van der Waals surface area contributed by atoms with Crippen molar-refractivity contribution >= 4 is 12.3 Å². The Bertz CT molecular complexity index is 445. The van der Waals surface area contributed by atoms with Crippen LogP contribution in [0.4, 0.5) is 0 Å². The van der Waals surface area contributed by atoms with Gasteiger partial charge in [0.25, 0.3) is 0 Å². The lowest BCUT2D eigenvalue weighted by molar-refractivity contribution is -0.157. The van der Waals surface area contributed by atoms with Gasteiger partial charge in [0, 0.05) is 5.56 Å². The van der Waals surface area contributed by atoms with Crippen molar-refractivity contribution in [2.45, 2.75) is 61.0 Å². The largest absolute Gasteiger partial charge is 0.482 e. The maximum atomic E-state index is 11.5. The van der Waals surface area contributed by atoms with Gasteiger partial charge in [0.2, 0.25) is 0 Å².